The van der Waals surface area contributed by atoms with Crippen molar-refractivity contribution in [2.45, 2.75) is 13.3 Å². The fraction of sp³-hybridized carbons (Fsp3) is 0.300. The number of nitrogens with zero attached hydrogens (tertiary/aromatic N) is 4. The van der Waals surface area contributed by atoms with Crippen LogP contribution >= 0.6 is 0 Å². The summed E-state index contributed by atoms with van der Waals surface area (Å²) >= 11 is 0. The molecule has 0 saturated carbocycles. The Balaban J connectivity index is 2.48. The molecule has 5 nitrogen and oxygen atoms in total. The average molecular weight is 203 g/mol. The average Bonchev–Trinajstić information content (AvgIpc) is 2.61. The molecule has 0 aliphatic rings. The van der Waals surface area contributed by atoms with Crippen molar-refractivity contribution in [2.24, 2.45) is 7.05 Å². The first-order valence-corrected chi connectivity index (χ1v) is 4.81. The minimum absolute atomic E-state index is 0.431. The van der Waals surface area contributed by atoms with E-state index in [0.717, 1.165) is 23.4 Å². The Hall–Kier alpha value is -1.91. The molecule has 78 valence electrons. The molecule has 0 bridgehead atoms. The van der Waals surface area contributed by atoms with E-state index in [4.69, 9.17) is 5.73 Å². The van der Waals surface area contributed by atoms with Crippen molar-refractivity contribution in [1.29, 1.82) is 0 Å². The van der Waals surface area contributed by atoms with Crippen LogP contribution in [-0.4, -0.2) is 19.7 Å². The maximum absolute atomic E-state index is 5.49. The minimum atomic E-state index is 0.431. The van der Waals surface area contributed by atoms with Gasteiger partial charge >= 0.3 is 0 Å². The number of hydrogen-bond acceptors (Lipinski definition) is 4. The molecule has 2 heterocycles. The Morgan fingerprint density at radius 3 is 2.73 bits per heavy atom. The lowest BCUT2D eigenvalue weighted by molar-refractivity contribution is 0.746. The fourth-order valence-electron chi connectivity index (χ4n) is 1.49. The molecule has 0 atom stereocenters. The molecule has 0 unspecified atom stereocenters. The van der Waals surface area contributed by atoms with Crippen molar-refractivity contribution in [3.63, 3.8) is 0 Å². The van der Waals surface area contributed by atoms with E-state index in [9.17, 15) is 0 Å². The Morgan fingerprint density at radius 2 is 2.13 bits per heavy atom. The highest BCUT2D eigenvalue weighted by molar-refractivity contribution is 5.60. The molecule has 0 saturated heterocycles. The predicted octanol–water partition coefficient (Wildman–Crippen LogP) is 1.02. The second kappa shape index (κ2) is 3.68. The zero-order chi connectivity index (χ0) is 10.8. The highest BCUT2D eigenvalue weighted by Crippen LogP contribution is 2.20. The van der Waals surface area contributed by atoms with E-state index in [1.54, 1.807) is 17.1 Å². The predicted molar refractivity (Wildman–Crippen MR) is 58.0 cm³/mol. The van der Waals surface area contributed by atoms with Crippen molar-refractivity contribution in [1.82, 2.24) is 19.7 Å². The molecular formula is C10H13N5. The molecule has 15 heavy (non-hydrogen) atoms. The van der Waals surface area contributed by atoms with Crippen LogP contribution in [0.25, 0.3) is 11.3 Å². The van der Waals surface area contributed by atoms with Crippen LogP contribution < -0.4 is 5.73 Å². The van der Waals surface area contributed by atoms with Gasteiger partial charge in [-0.25, -0.2) is 4.98 Å². The molecule has 0 fully saturated rings. The molecular weight excluding hydrogens is 190 g/mol. The van der Waals surface area contributed by atoms with Gasteiger partial charge in [0.2, 0.25) is 0 Å². The van der Waals surface area contributed by atoms with Crippen LogP contribution in [0.3, 0.4) is 0 Å². The summed E-state index contributed by atoms with van der Waals surface area (Å²) < 4.78 is 1.78. The van der Waals surface area contributed by atoms with Gasteiger partial charge in [0.1, 0.15) is 5.82 Å². The van der Waals surface area contributed by atoms with E-state index in [2.05, 4.69) is 22.0 Å². The second-order valence-electron chi connectivity index (χ2n) is 3.34. The van der Waals surface area contributed by atoms with E-state index >= 15 is 0 Å². The van der Waals surface area contributed by atoms with Gasteiger partial charge in [-0.1, -0.05) is 6.92 Å². The monoisotopic (exact) mass is 203 g/mol. The van der Waals surface area contributed by atoms with Crippen molar-refractivity contribution < 1.29 is 0 Å². The molecule has 0 aliphatic carbocycles. The van der Waals surface area contributed by atoms with Gasteiger partial charge in [0.25, 0.3) is 0 Å². The van der Waals surface area contributed by atoms with Crippen molar-refractivity contribution in [2.75, 3.05) is 5.73 Å². The Labute approximate surface area is 88.0 Å². The quantitative estimate of drug-likeness (QED) is 0.791. The maximum Gasteiger partial charge on any atom is 0.141 e. The number of aryl methyl sites for hydroxylation is 2. The van der Waals surface area contributed by atoms with Gasteiger partial charge in [0.05, 0.1) is 23.8 Å². The summed E-state index contributed by atoms with van der Waals surface area (Å²) in [6.45, 7) is 2.07. The summed E-state index contributed by atoms with van der Waals surface area (Å²) in [5.41, 5.74) is 8.35. The Morgan fingerprint density at radius 1 is 1.33 bits per heavy atom. The molecule has 2 aromatic rings. The standard InChI is InChI=1S/C10H13N5/c1-3-8-7(6-15(2)14-8)9-4-13-10(11)5-12-9/h4-6H,3H2,1-2H3,(H2,11,13). The number of aromatic nitrogens is 4. The first-order valence-electron chi connectivity index (χ1n) is 4.81. The highest BCUT2D eigenvalue weighted by Gasteiger charge is 2.09. The van der Waals surface area contributed by atoms with Gasteiger partial charge in [0.15, 0.2) is 0 Å². The summed E-state index contributed by atoms with van der Waals surface area (Å²) in [6.07, 6.45) is 6.05. The fourth-order valence-corrected chi connectivity index (χ4v) is 1.49. The van der Waals surface area contributed by atoms with Gasteiger partial charge in [0, 0.05) is 18.8 Å². The molecule has 0 radical (unpaired) electrons. The van der Waals surface area contributed by atoms with Gasteiger partial charge in [-0.15, -0.1) is 0 Å². The zero-order valence-corrected chi connectivity index (χ0v) is 8.81. The molecule has 2 N–H and O–H groups in total. The summed E-state index contributed by atoms with van der Waals surface area (Å²) in [7, 11) is 1.90. The summed E-state index contributed by atoms with van der Waals surface area (Å²) in [5.74, 6) is 0.431. The van der Waals surface area contributed by atoms with Gasteiger partial charge in [-0.2, -0.15) is 5.10 Å². The Kier molecular flexibility index (Phi) is 2.37. The van der Waals surface area contributed by atoms with Gasteiger partial charge in [-0.3, -0.25) is 9.67 Å². The largest absolute Gasteiger partial charge is 0.382 e. The molecule has 0 aromatic carbocycles. The zero-order valence-electron chi connectivity index (χ0n) is 8.81. The SMILES string of the molecule is CCc1nn(C)cc1-c1cnc(N)cn1. The summed E-state index contributed by atoms with van der Waals surface area (Å²) in [4.78, 5) is 8.25. The van der Waals surface area contributed by atoms with E-state index in [1.165, 1.54) is 0 Å². The normalized spacial score (nSPS) is 10.5. The third-order valence-electron chi connectivity index (χ3n) is 2.19. The molecule has 0 aliphatic heterocycles. The highest BCUT2D eigenvalue weighted by atomic mass is 15.3. The van der Waals surface area contributed by atoms with Crippen LogP contribution in [0.5, 0.6) is 0 Å². The van der Waals surface area contributed by atoms with Crippen LogP contribution in [0.4, 0.5) is 5.82 Å². The first kappa shape index (κ1) is 9.64. The van der Waals surface area contributed by atoms with E-state index in [-0.39, 0.29) is 0 Å². The van der Waals surface area contributed by atoms with E-state index in [0.29, 0.717) is 5.82 Å². The minimum Gasteiger partial charge on any atom is -0.382 e. The number of anilines is 1. The number of hydrogen-bond donors (Lipinski definition) is 1. The third-order valence-corrected chi connectivity index (χ3v) is 2.19. The summed E-state index contributed by atoms with van der Waals surface area (Å²) in [5, 5.41) is 4.35. The van der Waals surface area contributed by atoms with Crippen LogP contribution in [0.15, 0.2) is 18.6 Å². The third kappa shape index (κ3) is 1.81. The number of rotatable bonds is 2. The Bertz CT molecular complexity index is 457. The topological polar surface area (TPSA) is 69.6 Å². The van der Waals surface area contributed by atoms with Crippen LogP contribution in [-0.2, 0) is 13.5 Å². The van der Waals surface area contributed by atoms with Gasteiger partial charge < -0.3 is 5.73 Å². The molecule has 0 amide bonds. The smallest absolute Gasteiger partial charge is 0.141 e. The van der Waals surface area contributed by atoms with Crippen LogP contribution in [0, 0.1) is 0 Å². The maximum atomic E-state index is 5.49. The molecule has 2 aromatic heterocycles. The van der Waals surface area contributed by atoms with Gasteiger partial charge in [-0.05, 0) is 6.42 Å². The van der Waals surface area contributed by atoms with Crippen LogP contribution in [0.2, 0.25) is 0 Å². The van der Waals surface area contributed by atoms with Crippen molar-refractivity contribution in [3.05, 3.63) is 24.3 Å². The second-order valence-corrected chi connectivity index (χ2v) is 3.34. The lowest BCUT2D eigenvalue weighted by atomic mass is 10.1. The van der Waals surface area contributed by atoms with Crippen LogP contribution in [0.1, 0.15) is 12.6 Å². The molecule has 0 spiro atoms. The number of nitrogen functional groups attached to an aromatic ring is 1. The molecule has 2 rings (SSSR count). The lowest BCUT2D eigenvalue weighted by Crippen LogP contribution is -1.93. The van der Waals surface area contributed by atoms with E-state index in [1.807, 2.05) is 13.2 Å². The van der Waals surface area contributed by atoms with E-state index < -0.39 is 0 Å². The number of nitrogens with two attached hydrogens (primary N) is 1. The van der Waals surface area contributed by atoms with Crippen molar-refractivity contribution >= 4 is 5.82 Å². The van der Waals surface area contributed by atoms with Crippen molar-refractivity contribution in [3.8, 4) is 11.3 Å². The summed E-state index contributed by atoms with van der Waals surface area (Å²) in [6, 6.07) is 0. The lowest BCUT2D eigenvalue weighted by Gasteiger charge is -1.98. The first-order chi connectivity index (χ1) is 7.20. The molecule has 5 heteroatoms.